The summed E-state index contributed by atoms with van der Waals surface area (Å²) in [6.07, 6.45) is 0. The molecule has 0 atom stereocenters. The van der Waals surface area contributed by atoms with Crippen molar-refractivity contribution in [1.29, 1.82) is 5.26 Å². The van der Waals surface area contributed by atoms with Crippen LogP contribution in [0.3, 0.4) is 0 Å². The lowest BCUT2D eigenvalue weighted by Crippen LogP contribution is -2.46. The molecule has 1 aromatic carbocycles. The molecule has 0 bridgehead atoms. The molecule has 94 valence electrons. The molecular formula is C12H14N4O2. The third-order valence-electron chi connectivity index (χ3n) is 3.07. The molecule has 1 aliphatic rings. The van der Waals surface area contributed by atoms with Crippen molar-refractivity contribution in [3.63, 3.8) is 0 Å². The van der Waals surface area contributed by atoms with E-state index in [4.69, 9.17) is 5.26 Å². The van der Waals surface area contributed by atoms with Crippen molar-refractivity contribution >= 4 is 11.4 Å². The molecular weight excluding hydrogens is 232 g/mol. The maximum atomic E-state index is 10.7. The molecule has 1 saturated heterocycles. The van der Waals surface area contributed by atoms with Crippen LogP contribution in [0.5, 0.6) is 0 Å². The maximum absolute atomic E-state index is 10.7. The van der Waals surface area contributed by atoms with Crippen LogP contribution in [0, 0.1) is 21.4 Å². The number of nitro benzene ring substituents is 1. The number of nitrogens with zero attached hydrogens (tertiary/aromatic N) is 4. The van der Waals surface area contributed by atoms with Gasteiger partial charge in [0.25, 0.3) is 5.69 Å². The van der Waals surface area contributed by atoms with Gasteiger partial charge in [0.2, 0.25) is 0 Å². The minimum Gasteiger partial charge on any atom is -0.369 e. The fourth-order valence-corrected chi connectivity index (χ4v) is 2.07. The molecule has 6 heteroatoms. The number of nitro groups is 1. The Morgan fingerprint density at radius 3 is 2.67 bits per heavy atom. The van der Waals surface area contributed by atoms with E-state index in [1.165, 1.54) is 6.07 Å². The Balaban J connectivity index is 2.03. The molecule has 0 radical (unpaired) electrons. The fourth-order valence-electron chi connectivity index (χ4n) is 2.07. The smallest absolute Gasteiger partial charge is 0.271 e. The van der Waals surface area contributed by atoms with Crippen molar-refractivity contribution in [2.24, 2.45) is 0 Å². The van der Waals surface area contributed by atoms with E-state index < -0.39 is 0 Å². The van der Waals surface area contributed by atoms with Crippen LogP contribution in [-0.4, -0.2) is 42.5 Å². The van der Waals surface area contributed by atoms with Crippen molar-refractivity contribution in [1.82, 2.24) is 4.90 Å². The first-order valence-electron chi connectivity index (χ1n) is 5.79. The van der Waals surface area contributed by atoms with E-state index in [2.05, 4.69) is 15.9 Å². The second kappa shape index (κ2) is 5.47. The summed E-state index contributed by atoms with van der Waals surface area (Å²) in [5.74, 6) is 0. The standard InChI is InChI=1S/C12H14N4O2/c13-4-5-14-6-8-15(9-7-14)11-2-1-3-12(10-11)16(17)18/h1-3,10H,5-9H2. The molecule has 0 saturated carbocycles. The van der Waals surface area contributed by atoms with Gasteiger partial charge in [0.15, 0.2) is 0 Å². The van der Waals surface area contributed by atoms with Crippen LogP contribution in [0.2, 0.25) is 0 Å². The van der Waals surface area contributed by atoms with E-state index in [9.17, 15) is 10.1 Å². The molecule has 0 unspecified atom stereocenters. The summed E-state index contributed by atoms with van der Waals surface area (Å²) in [4.78, 5) is 14.5. The fraction of sp³-hybridized carbons (Fsp3) is 0.417. The molecule has 0 amide bonds. The summed E-state index contributed by atoms with van der Waals surface area (Å²) in [6.45, 7) is 3.67. The van der Waals surface area contributed by atoms with Crippen molar-refractivity contribution in [3.05, 3.63) is 34.4 Å². The third-order valence-corrected chi connectivity index (χ3v) is 3.07. The number of anilines is 1. The van der Waals surface area contributed by atoms with Crippen LogP contribution < -0.4 is 4.90 Å². The van der Waals surface area contributed by atoms with Crippen molar-refractivity contribution in [2.45, 2.75) is 0 Å². The lowest BCUT2D eigenvalue weighted by molar-refractivity contribution is -0.384. The molecule has 1 aliphatic heterocycles. The molecule has 0 spiro atoms. The van der Waals surface area contributed by atoms with Crippen LogP contribution in [-0.2, 0) is 0 Å². The molecule has 1 heterocycles. The SMILES string of the molecule is N#CCN1CCN(c2cccc([N+](=O)[O-])c2)CC1. The Labute approximate surface area is 105 Å². The minimum absolute atomic E-state index is 0.118. The van der Waals surface area contributed by atoms with Gasteiger partial charge in [0.1, 0.15) is 0 Å². The number of hydrogen-bond donors (Lipinski definition) is 0. The number of piperazine rings is 1. The molecule has 1 fully saturated rings. The zero-order chi connectivity index (χ0) is 13.0. The monoisotopic (exact) mass is 246 g/mol. The predicted octanol–water partition coefficient (Wildman–Crippen LogP) is 1.24. The second-order valence-corrected chi connectivity index (χ2v) is 4.20. The van der Waals surface area contributed by atoms with Gasteiger partial charge in [-0.1, -0.05) is 6.07 Å². The summed E-state index contributed by atoms with van der Waals surface area (Å²) < 4.78 is 0. The van der Waals surface area contributed by atoms with Gasteiger partial charge in [-0.25, -0.2) is 0 Å². The van der Waals surface area contributed by atoms with E-state index >= 15 is 0 Å². The molecule has 1 aromatic rings. The molecule has 2 rings (SSSR count). The number of non-ortho nitro benzene ring substituents is 1. The quantitative estimate of drug-likeness (QED) is 0.456. The number of nitriles is 1. The van der Waals surface area contributed by atoms with Crippen LogP contribution >= 0.6 is 0 Å². The van der Waals surface area contributed by atoms with Crippen molar-refractivity contribution in [3.8, 4) is 6.07 Å². The van der Waals surface area contributed by atoms with E-state index in [0.717, 1.165) is 31.9 Å². The van der Waals surface area contributed by atoms with E-state index in [0.29, 0.717) is 6.54 Å². The van der Waals surface area contributed by atoms with Crippen LogP contribution in [0.15, 0.2) is 24.3 Å². The largest absolute Gasteiger partial charge is 0.369 e. The molecule has 0 aromatic heterocycles. The van der Waals surface area contributed by atoms with Gasteiger partial charge in [-0.15, -0.1) is 0 Å². The number of benzene rings is 1. The van der Waals surface area contributed by atoms with Gasteiger partial charge >= 0.3 is 0 Å². The van der Waals surface area contributed by atoms with E-state index in [1.807, 2.05) is 6.07 Å². The summed E-state index contributed by atoms with van der Waals surface area (Å²) in [5, 5.41) is 19.3. The van der Waals surface area contributed by atoms with Crippen molar-refractivity contribution in [2.75, 3.05) is 37.6 Å². The van der Waals surface area contributed by atoms with Gasteiger partial charge in [-0.2, -0.15) is 5.26 Å². The topological polar surface area (TPSA) is 73.4 Å². The lowest BCUT2D eigenvalue weighted by Gasteiger charge is -2.34. The Morgan fingerprint density at radius 2 is 2.06 bits per heavy atom. The first-order valence-corrected chi connectivity index (χ1v) is 5.79. The number of rotatable bonds is 3. The first-order chi connectivity index (χ1) is 8.70. The molecule has 6 nitrogen and oxygen atoms in total. The van der Waals surface area contributed by atoms with E-state index in [1.54, 1.807) is 12.1 Å². The molecule has 0 N–H and O–H groups in total. The Bertz CT molecular complexity index is 475. The Hall–Kier alpha value is -2.13. The second-order valence-electron chi connectivity index (χ2n) is 4.20. The van der Waals surface area contributed by atoms with Gasteiger partial charge in [0, 0.05) is 44.0 Å². The van der Waals surface area contributed by atoms with Gasteiger partial charge in [-0.05, 0) is 6.07 Å². The lowest BCUT2D eigenvalue weighted by atomic mass is 10.2. The van der Waals surface area contributed by atoms with Crippen LogP contribution in [0.1, 0.15) is 0 Å². The molecule has 18 heavy (non-hydrogen) atoms. The summed E-state index contributed by atoms with van der Waals surface area (Å²) in [6, 6.07) is 8.81. The highest BCUT2D eigenvalue weighted by Crippen LogP contribution is 2.21. The predicted molar refractivity (Wildman–Crippen MR) is 67.4 cm³/mol. The average molecular weight is 246 g/mol. The normalized spacial score (nSPS) is 16.3. The van der Waals surface area contributed by atoms with E-state index in [-0.39, 0.29) is 10.6 Å². The maximum Gasteiger partial charge on any atom is 0.271 e. The summed E-state index contributed by atoms with van der Waals surface area (Å²) in [7, 11) is 0. The number of hydrogen-bond acceptors (Lipinski definition) is 5. The highest BCUT2D eigenvalue weighted by Gasteiger charge is 2.18. The first kappa shape index (κ1) is 12.3. The molecule has 0 aliphatic carbocycles. The van der Waals surface area contributed by atoms with Crippen LogP contribution in [0.4, 0.5) is 11.4 Å². The zero-order valence-electron chi connectivity index (χ0n) is 9.95. The summed E-state index contributed by atoms with van der Waals surface area (Å²) >= 11 is 0. The van der Waals surface area contributed by atoms with Gasteiger partial charge < -0.3 is 4.90 Å². The van der Waals surface area contributed by atoms with Gasteiger partial charge in [0.05, 0.1) is 17.5 Å². The Kier molecular flexibility index (Phi) is 3.75. The minimum atomic E-state index is -0.380. The third kappa shape index (κ3) is 2.76. The van der Waals surface area contributed by atoms with Gasteiger partial charge in [-0.3, -0.25) is 15.0 Å². The zero-order valence-corrected chi connectivity index (χ0v) is 9.95. The average Bonchev–Trinajstić information content (AvgIpc) is 2.40. The highest BCUT2D eigenvalue weighted by atomic mass is 16.6. The highest BCUT2D eigenvalue weighted by molar-refractivity contribution is 5.53. The Morgan fingerprint density at radius 1 is 1.33 bits per heavy atom. The van der Waals surface area contributed by atoms with Crippen molar-refractivity contribution < 1.29 is 4.92 Å². The van der Waals surface area contributed by atoms with Crippen LogP contribution in [0.25, 0.3) is 0 Å². The summed E-state index contributed by atoms with van der Waals surface area (Å²) in [5.41, 5.74) is 0.993.